The number of nitrogens with zero attached hydrogens (tertiary/aromatic N) is 1. The van der Waals surface area contributed by atoms with Crippen molar-refractivity contribution in [3.05, 3.63) is 65.2 Å². The lowest BCUT2D eigenvalue weighted by Gasteiger charge is -2.22. The van der Waals surface area contributed by atoms with Crippen LogP contribution in [0.2, 0.25) is 0 Å². The number of carbonyl (C=O) groups is 1. The van der Waals surface area contributed by atoms with Gasteiger partial charge in [0.1, 0.15) is 6.10 Å². The lowest BCUT2D eigenvalue weighted by atomic mass is 9.97. The summed E-state index contributed by atoms with van der Waals surface area (Å²) in [4.78, 5) is 12.8. The molecule has 0 spiro atoms. The van der Waals surface area contributed by atoms with Gasteiger partial charge in [-0.2, -0.15) is 0 Å². The summed E-state index contributed by atoms with van der Waals surface area (Å²) in [6.45, 7) is 2.46. The Morgan fingerprint density at radius 2 is 1.88 bits per heavy atom. The first-order valence-electron chi connectivity index (χ1n) is 8.59. The monoisotopic (exact) mass is 340 g/mol. The van der Waals surface area contributed by atoms with Gasteiger partial charge in [0, 0.05) is 37.9 Å². The average Bonchev–Trinajstić information content (AvgIpc) is 2.73. The first-order valence-corrected chi connectivity index (χ1v) is 8.59. The Morgan fingerprint density at radius 3 is 2.68 bits per heavy atom. The van der Waals surface area contributed by atoms with Crippen LogP contribution in [0.4, 0.5) is 5.69 Å². The molecule has 5 heteroatoms. The van der Waals surface area contributed by atoms with E-state index in [1.165, 1.54) is 22.4 Å². The molecule has 0 bridgehead atoms. The Morgan fingerprint density at radius 1 is 1.16 bits per heavy atom. The van der Waals surface area contributed by atoms with E-state index in [1.807, 2.05) is 12.1 Å². The molecule has 2 aromatic carbocycles. The van der Waals surface area contributed by atoms with Crippen molar-refractivity contribution >= 4 is 11.7 Å². The summed E-state index contributed by atoms with van der Waals surface area (Å²) in [6.07, 6.45) is 0.0125. The fourth-order valence-corrected chi connectivity index (χ4v) is 3.25. The molecule has 0 aliphatic carbocycles. The number of benzene rings is 2. The van der Waals surface area contributed by atoms with Gasteiger partial charge in [-0.1, -0.05) is 42.5 Å². The highest BCUT2D eigenvalue weighted by Gasteiger charge is 2.25. The topological polar surface area (TPSA) is 61.8 Å². The van der Waals surface area contributed by atoms with Crippen LogP contribution in [0.3, 0.4) is 0 Å². The van der Waals surface area contributed by atoms with Gasteiger partial charge in [-0.25, -0.2) is 0 Å². The predicted molar refractivity (Wildman–Crippen MR) is 97.9 cm³/mol. The largest absolute Gasteiger partial charge is 0.481 e. The molecule has 25 heavy (non-hydrogen) atoms. The molecule has 1 aliphatic rings. The van der Waals surface area contributed by atoms with Crippen LogP contribution in [0.1, 0.15) is 29.2 Å². The number of fused-ring (bicyclic) bond motifs is 2. The van der Waals surface area contributed by atoms with E-state index in [-0.39, 0.29) is 12.5 Å². The summed E-state index contributed by atoms with van der Waals surface area (Å²) in [7, 11) is 2.10. The summed E-state index contributed by atoms with van der Waals surface area (Å²) >= 11 is 0. The van der Waals surface area contributed by atoms with E-state index in [9.17, 15) is 4.79 Å². The predicted octanol–water partition coefficient (Wildman–Crippen LogP) is 2.81. The van der Waals surface area contributed by atoms with Crippen LogP contribution >= 0.6 is 0 Å². The molecule has 3 rings (SSSR count). The number of nitrogens with one attached hydrogen (secondary N) is 1. The van der Waals surface area contributed by atoms with Gasteiger partial charge in [-0.3, -0.25) is 4.79 Å². The van der Waals surface area contributed by atoms with Gasteiger partial charge in [0.25, 0.3) is 0 Å². The number of para-hydroxylation sites is 1. The van der Waals surface area contributed by atoms with E-state index in [4.69, 9.17) is 9.84 Å². The zero-order chi connectivity index (χ0) is 17.6. The Bertz CT molecular complexity index is 732. The van der Waals surface area contributed by atoms with Crippen LogP contribution in [-0.2, 0) is 16.1 Å². The maximum atomic E-state index is 10.5. The van der Waals surface area contributed by atoms with Crippen molar-refractivity contribution in [3.8, 4) is 0 Å². The highest BCUT2D eigenvalue weighted by molar-refractivity contribution is 5.66. The first-order chi connectivity index (χ1) is 12.2. The van der Waals surface area contributed by atoms with Crippen molar-refractivity contribution in [1.29, 1.82) is 0 Å². The second-order valence-electron chi connectivity index (χ2n) is 6.26. The smallest absolute Gasteiger partial charge is 0.304 e. The number of hydrogen-bond donors (Lipinski definition) is 2. The summed E-state index contributed by atoms with van der Waals surface area (Å²) in [6, 6.07) is 16.7. The van der Waals surface area contributed by atoms with Crippen molar-refractivity contribution < 1.29 is 14.6 Å². The van der Waals surface area contributed by atoms with Gasteiger partial charge in [0.2, 0.25) is 0 Å². The third-order valence-electron chi connectivity index (χ3n) is 4.45. The lowest BCUT2D eigenvalue weighted by molar-refractivity contribution is -0.136. The van der Waals surface area contributed by atoms with E-state index < -0.39 is 5.97 Å². The number of ether oxygens (including phenoxy) is 1. The molecule has 2 N–H and O–H groups in total. The molecule has 1 heterocycles. The van der Waals surface area contributed by atoms with Gasteiger partial charge < -0.3 is 20.1 Å². The SMILES string of the molecule is CN1Cc2ccccc2C(OCCNCCC(=O)O)c2ccccc21. The lowest BCUT2D eigenvalue weighted by Crippen LogP contribution is -2.24. The van der Waals surface area contributed by atoms with Gasteiger partial charge >= 0.3 is 5.97 Å². The second kappa shape index (κ2) is 8.14. The van der Waals surface area contributed by atoms with Crippen molar-refractivity contribution in [2.45, 2.75) is 19.1 Å². The first kappa shape index (κ1) is 17.5. The average molecular weight is 340 g/mol. The molecular weight excluding hydrogens is 316 g/mol. The Kier molecular flexibility index (Phi) is 5.68. The molecule has 0 radical (unpaired) electrons. The minimum atomic E-state index is -0.789. The van der Waals surface area contributed by atoms with Crippen LogP contribution in [0.5, 0.6) is 0 Å². The Hall–Kier alpha value is -2.37. The molecule has 0 saturated heterocycles. The molecule has 0 fully saturated rings. The highest BCUT2D eigenvalue weighted by Crippen LogP contribution is 2.38. The summed E-state index contributed by atoms with van der Waals surface area (Å²) in [5.41, 5.74) is 4.82. The molecule has 0 saturated carbocycles. The van der Waals surface area contributed by atoms with Gasteiger partial charge in [-0.05, 0) is 17.2 Å². The molecule has 2 aromatic rings. The number of rotatable bonds is 7. The number of aliphatic carboxylic acids is 1. The summed E-state index contributed by atoms with van der Waals surface area (Å²) < 4.78 is 6.23. The summed E-state index contributed by atoms with van der Waals surface area (Å²) in [5.74, 6) is -0.789. The minimum absolute atomic E-state index is 0.112. The quantitative estimate of drug-likeness (QED) is 0.759. The number of carboxylic acid groups (broad SMARTS) is 1. The molecule has 1 atom stereocenters. The van der Waals surface area contributed by atoms with Crippen LogP contribution in [0.15, 0.2) is 48.5 Å². The maximum absolute atomic E-state index is 10.5. The van der Waals surface area contributed by atoms with Crippen LogP contribution in [0, 0.1) is 0 Å². The van der Waals surface area contributed by atoms with Gasteiger partial charge in [0.05, 0.1) is 13.0 Å². The van der Waals surface area contributed by atoms with Crippen molar-refractivity contribution in [2.75, 3.05) is 31.6 Å². The van der Waals surface area contributed by atoms with Crippen molar-refractivity contribution in [3.63, 3.8) is 0 Å². The van der Waals surface area contributed by atoms with E-state index in [0.29, 0.717) is 19.7 Å². The van der Waals surface area contributed by atoms with E-state index in [0.717, 1.165) is 6.54 Å². The van der Waals surface area contributed by atoms with Crippen molar-refractivity contribution in [1.82, 2.24) is 5.32 Å². The van der Waals surface area contributed by atoms with E-state index >= 15 is 0 Å². The zero-order valence-corrected chi connectivity index (χ0v) is 14.4. The van der Waals surface area contributed by atoms with E-state index in [1.54, 1.807) is 0 Å². The highest BCUT2D eigenvalue weighted by atomic mass is 16.5. The van der Waals surface area contributed by atoms with Crippen LogP contribution < -0.4 is 10.2 Å². The number of hydrogen-bond acceptors (Lipinski definition) is 4. The van der Waals surface area contributed by atoms with Crippen molar-refractivity contribution in [2.24, 2.45) is 0 Å². The van der Waals surface area contributed by atoms with Crippen LogP contribution in [-0.4, -0.2) is 37.8 Å². The molecule has 0 amide bonds. The standard InChI is InChI=1S/C20H24N2O3/c1-22-14-15-6-2-3-7-16(15)20(17-8-4-5-9-18(17)22)25-13-12-21-11-10-19(23)24/h2-9,20-21H,10-14H2,1H3,(H,23,24). The molecule has 132 valence electrons. The maximum Gasteiger partial charge on any atom is 0.304 e. The third kappa shape index (κ3) is 4.18. The number of anilines is 1. The molecule has 1 unspecified atom stereocenters. The normalized spacial score (nSPS) is 16.0. The molecular formula is C20H24N2O3. The molecule has 5 nitrogen and oxygen atoms in total. The fourth-order valence-electron chi connectivity index (χ4n) is 3.25. The third-order valence-corrected chi connectivity index (χ3v) is 4.45. The van der Waals surface area contributed by atoms with E-state index in [2.05, 4.69) is 53.7 Å². The Labute approximate surface area is 148 Å². The Balaban J connectivity index is 1.75. The fraction of sp³-hybridized carbons (Fsp3) is 0.350. The number of carboxylic acids is 1. The molecule has 0 aromatic heterocycles. The zero-order valence-electron chi connectivity index (χ0n) is 14.4. The minimum Gasteiger partial charge on any atom is -0.481 e. The van der Waals surface area contributed by atoms with Crippen LogP contribution in [0.25, 0.3) is 0 Å². The second-order valence-corrected chi connectivity index (χ2v) is 6.26. The molecule has 1 aliphatic heterocycles. The van der Waals surface area contributed by atoms with Gasteiger partial charge in [0.15, 0.2) is 0 Å². The van der Waals surface area contributed by atoms with Gasteiger partial charge in [-0.15, -0.1) is 0 Å². The summed E-state index contributed by atoms with van der Waals surface area (Å²) in [5, 5.41) is 11.8.